The minimum Gasteiger partial charge on any atom is -0.406 e. The van der Waals surface area contributed by atoms with Crippen molar-refractivity contribution in [2.45, 2.75) is 45.5 Å². The summed E-state index contributed by atoms with van der Waals surface area (Å²) in [5, 5.41) is 0. The number of ether oxygens (including phenoxy) is 1. The summed E-state index contributed by atoms with van der Waals surface area (Å²) in [5.74, 6) is -0.213. The van der Waals surface area contributed by atoms with Crippen molar-refractivity contribution in [3.05, 3.63) is 29.8 Å². The molecule has 1 aromatic carbocycles. The Hall–Kier alpha value is -1.76. The van der Waals surface area contributed by atoms with Gasteiger partial charge in [0.15, 0.2) is 0 Å². The molecule has 0 aromatic heterocycles. The molecule has 1 amide bonds. The number of hydrogen-bond donors (Lipinski definition) is 1. The highest BCUT2D eigenvalue weighted by Crippen LogP contribution is 2.28. The molecule has 1 fully saturated rings. The van der Waals surface area contributed by atoms with E-state index in [1.807, 2.05) is 4.90 Å². The molecule has 0 radical (unpaired) electrons. The van der Waals surface area contributed by atoms with Crippen molar-refractivity contribution in [3.8, 4) is 5.75 Å². The lowest BCUT2D eigenvalue weighted by atomic mass is 9.79. The molecule has 2 rings (SSSR count). The summed E-state index contributed by atoms with van der Waals surface area (Å²) in [6.07, 6.45) is -3.11. The van der Waals surface area contributed by atoms with E-state index in [1.54, 1.807) is 12.1 Å². The molecular formula is C17H23F3N2O2. The molecule has 1 unspecified atom stereocenters. The number of nitrogens with zero attached hydrogens (tertiary/aromatic N) is 1. The quantitative estimate of drug-likeness (QED) is 0.913. The van der Waals surface area contributed by atoms with Crippen molar-refractivity contribution >= 4 is 5.91 Å². The fraction of sp³-hybridized carbons (Fsp3) is 0.588. The van der Waals surface area contributed by atoms with E-state index in [9.17, 15) is 18.0 Å². The number of carbonyl (C=O) groups is 1. The van der Waals surface area contributed by atoms with E-state index in [-0.39, 0.29) is 23.1 Å². The van der Waals surface area contributed by atoms with Gasteiger partial charge in [-0.05, 0) is 36.0 Å². The highest BCUT2D eigenvalue weighted by atomic mass is 19.4. The molecule has 0 saturated carbocycles. The molecule has 7 heteroatoms. The largest absolute Gasteiger partial charge is 0.573 e. The number of amides is 1. The van der Waals surface area contributed by atoms with E-state index >= 15 is 0 Å². The molecule has 1 heterocycles. The van der Waals surface area contributed by atoms with Gasteiger partial charge in [-0.15, -0.1) is 13.2 Å². The van der Waals surface area contributed by atoms with E-state index in [2.05, 4.69) is 18.6 Å². The van der Waals surface area contributed by atoms with Crippen molar-refractivity contribution in [2.75, 3.05) is 13.1 Å². The Labute approximate surface area is 139 Å². The third-order valence-electron chi connectivity index (χ3n) is 4.45. The van der Waals surface area contributed by atoms with E-state index < -0.39 is 6.36 Å². The van der Waals surface area contributed by atoms with Crippen molar-refractivity contribution < 1.29 is 22.7 Å². The number of piperidine rings is 1. The fourth-order valence-electron chi connectivity index (χ4n) is 2.85. The van der Waals surface area contributed by atoms with Crippen LogP contribution in [0.5, 0.6) is 5.75 Å². The van der Waals surface area contributed by atoms with Gasteiger partial charge in [-0.1, -0.05) is 26.0 Å². The second-order valence-electron chi connectivity index (χ2n) is 6.89. The Morgan fingerprint density at radius 2 is 1.96 bits per heavy atom. The molecule has 1 aromatic rings. The Bertz CT molecular complexity index is 570. The van der Waals surface area contributed by atoms with Gasteiger partial charge in [-0.2, -0.15) is 0 Å². The maximum Gasteiger partial charge on any atom is 0.573 e. The van der Waals surface area contributed by atoms with Crippen LogP contribution in [0.25, 0.3) is 0 Å². The summed E-state index contributed by atoms with van der Waals surface area (Å²) >= 11 is 0. The van der Waals surface area contributed by atoms with Gasteiger partial charge < -0.3 is 15.4 Å². The first kappa shape index (κ1) is 18.6. The minimum absolute atomic E-state index is 0.0468. The monoisotopic (exact) mass is 344 g/mol. The zero-order chi connectivity index (χ0) is 18.0. The molecule has 1 saturated heterocycles. The lowest BCUT2D eigenvalue weighted by molar-refractivity contribution is -0.274. The number of hydrogen-bond acceptors (Lipinski definition) is 3. The number of carbonyl (C=O) groups excluding carboxylic acids is 1. The highest BCUT2D eigenvalue weighted by molar-refractivity contribution is 5.76. The van der Waals surface area contributed by atoms with Gasteiger partial charge in [0.1, 0.15) is 5.75 Å². The number of aryl methyl sites for hydroxylation is 1. The molecule has 1 aliphatic rings. The van der Waals surface area contributed by atoms with E-state index in [0.717, 1.165) is 12.0 Å². The maximum atomic E-state index is 12.3. The molecule has 4 nitrogen and oxygen atoms in total. The standard InChI is InChI=1S/C17H23F3N2O2/c1-16(2)11-22(10-9-14(16)21)15(23)8-5-12-3-6-13(7-4-12)24-17(18,19)20/h3-4,6-7,14H,5,8-11,21H2,1-2H3. The molecule has 134 valence electrons. The van der Waals surface area contributed by atoms with E-state index in [1.165, 1.54) is 12.1 Å². The molecule has 24 heavy (non-hydrogen) atoms. The van der Waals surface area contributed by atoms with Gasteiger partial charge in [0.25, 0.3) is 0 Å². The summed E-state index contributed by atoms with van der Waals surface area (Å²) in [5.41, 5.74) is 6.76. The molecular weight excluding hydrogens is 321 g/mol. The summed E-state index contributed by atoms with van der Waals surface area (Å²) < 4.78 is 40.2. The number of rotatable bonds is 4. The van der Waals surface area contributed by atoms with Crippen molar-refractivity contribution in [1.29, 1.82) is 0 Å². The van der Waals surface area contributed by atoms with Gasteiger partial charge in [-0.3, -0.25) is 4.79 Å². The van der Waals surface area contributed by atoms with Crippen LogP contribution in [0.4, 0.5) is 13.2 Å². The second kappa shape index (κ2) is 7.01. The Balaban J connectivity index is 1.86. The summed E-state index contributed by atoms with van der Waals surface area (Å²) in [4.78, 5) is 14.2. The zero-order valence-electron chi connectivity index (χ0n) is 13.9. The minimum atomic E-state index is -4.70. The van der Waals surface area contributed by atoms with Crippen molar-refractivity contribution in [1.82, 2.24) is 4.90 Å². The first-order valence-electron chi connectivity index (χ1n) is 7.95. The molecule has 1 atom stereocenters. The number of halogens is 3. The maximum absolute atomic E-state index is 12.3. The summed E-state index contributed by atoms with van der Waals surface area (Å²) in [6.45, 7) is 5.39. The Morgan fingerprint density at radius 3 is 2.50 bits per heavy atom. The van der Waals surface area contributed by atoms with Crippen LogP contribution in [0.3, 0.4) is 0 Å². The van der Waals surface area contributed by atoms with Crippen LogP contribution in [0.15, 0.2) is 24.3 Å². The van der Waals surface area contributed by atoms with Crippen molar-refractivity contribution in [3.63, 3.8) is 0 Å². The van der Waals surface area contributed by atoms with Crippen LogP contribution in [-0.4, -0.2) is 36.3 Å². The number of nitrogens with two attached hydrogens (primary N) is 1. The Kier molecular flexibility index (Phi) is 5.42. The van der Waals surface area contributed by atoms with Gasteiger partial charge in [0, 0.05) is 25.6 Å². The van der Waals surface area contributed by atoms with Crippen LogP contribution in [-0.2, 0) is 11.2 Å². The first-order chi connectivity index (χ1) is 11.1. The normalized spacial score (nSPS) is 20.8. The van der Waals surface area contributed by atoms with Crippen LogP contribution in [0.2, 0.25) is 0 Å². The molecule has 2 N–H and O–H groups in total. The highest BCUT2D eigenvalue weighted by Gasteiger charge is 2.35. The van der Waals surface area contributed by atoms with Gasteiger partial charge in [-0.25, -0.2) is 0 Å². The van der Waals surface area contributed by atoms with Crippen LogP contribution in [0.1, 0.15) is 32.3 Å². The topological polar surface area (TPSA) is 55.6 Å². The van der Waals surface area contributed by atoms with Gasteiger partial charge in [0.2, 0.25) is 5.91 Å². The fourth-order valence-corrected chi connectivity index (χ4v) is 2.85. The molecule has 0 aliphatic carbocycles. The number of likely N-dealkylation sites (tertiary alicyclic amines) is 1. The summed E-state index contributed by atoms with van der Waals surface area (Å²) in [7, 11) is 0. The number of alkyl halides is 3. The first-order valence-corrected chi connectivity index (χ1v) is 7.95. The SMILES string of the molecule is CC1(C)CN(C(=O)CCc2ccc(OC(F)(F)F)cc2)CCC1N. The molecule has 1 aliphatic heterocycles. The lowest BCUT2D eigenvalue weighted by Gasteiger charge is -2.42. The van der Waals surface area contributed by atoms with Crippen LogP contribution < -0.4 is 10.5 Å². The predicted octanol–water partition coefficient (Wildman–Crippen LogP) is 3.10. The van der Waals surface area contributed by atoms with E-state index in [0.29, 0.717) is 25.9 Å². The zero-order valence-corrected chi connectivity index (χ0v) is 13.9. The Morgan fingerprint density at radius 1 is 1.33 bits per heavy atom. The molecule has 0 spiro atoms. The predicted molar refractivity (Wildman–Crippen MR) is 84.4 cm³/mol. The average molecular weight is 344 g/mol. The third kappa shape index (κ3) is 5.12. The smallest absolute Gasteiger partial charge is 0.406 e. The lowest BCUT2D eigenvalue weighted by Crippen LogP contribution is -2.54. The van der Waals surface area contributed by atoms with Crippen LogP contribution in [0, 0.1) is 5.41 Å². The molecule has 0 bridgehead atoms. The van der Waals surface area contributed by atoms with Crippen molar-refractivity contribution in [2.24, 2.45) is 11.1 Å². The van der Waals surface area contributed by atoms with Gasteiger partial charge >= 0.3 is 6.36 Å². The van der Waals surface area contributed by atoms with Crippen LogP contribution >= 0.6 is 0 Å². The van der Waals surface area contributed by atoms with E-state index in [4.69, 9.17) is 5.73 Å². The second-order valence-corrected chi connectivity index (χ2v) is 6.89. The summed E-state index contributed by atoms with van der Waals surface area (Å²) in [6, 6.07) is 5.70. The third-order valence-corrected chi connectivity index (χ3v) is 4.45. The average Bonchev–Trinajstić information content (AvgIpc) is 2.47. The van der Waals surface area contributed by atoms with Gasteiger partial charge in [0.05, 0.1) is 0 Å². The number of benzene rings is 1.